The Morgan fingerprint density at radius 3 is 2.39 bits per heavy atom. The highest BCUT2D eigenvalue weighted by molar-refractivity contribution is 9.11. The van der Waals surface area contributed by atoms with Crippen LogP contribution in [0, 0.1) is 5.95 Å². The smallest absolute Gasteiger partial charge is 0.225 e. The van der Waals surface area contributed by atoms with Crippen LogP contribution < -0.4 is 9.47 Å². The predicted molar refractivity (Wildman–Crippen MR) is 70.5 cm³/mol. The average molecular weight is 378 g/mol. The molecule has 0 fully saturated rings. The van der Waals surface area contributed by atoms with Gasteiger partial charge in [-0.05, 0) is 44.0 Å². The zero-order valence-corrected chi connectivity index (χ0v) is 12.3. The highest BCUT2D eigenvalue weighted by Gasteiger charge is 2.10. The molecule has 0 atom stereocenters. The molecule has 4 nitrogen and oxygen atoms in total. The van der Waals surface area contributed by atoms with E-state index in [0.29, 0.717) is 16.0 Å². The Balaban J connectivity index is 2.32. The molecular weight excluding hydrogens is 371 g/mol. The molecule has 0 aliphatic heterocycles. The van der Waals surface area contributed by atoms with Gasteiger partial charge in [-0.2, -0.15) is 4.39 Å². The van der Waals surface area contributed by atoms with Crippen molar-refractivity contribution >= 4 is 31.9 Å². The van der Waals surface area contributed by atoms with Crippen LogP contribution in [-0.4, -0.2) is 17.1 Å². The maximum absolute atomic E-state index is 12.9. The van der Waals surface area contributed by atoms with Crippen LogP contribution in [-0.2, 0) is 0 Å². The monoisotopic (exact) mass is 376 g/mol. The van der Waals surface area contributed by atoms with E-state index in [2.05, 4.69) is 41.8 Å². The zero-order valence-electron chi connectivity index (χ0n) is 9.15. The van der Waals surface area contributed by atoms with Crippen molar-refractivity contribution in [2.45, 2.75) is 0 Å². The number of hydrogen-bond donors (Lipinski definition) is 0. The average Bonchev–Trinajstić information content (AvgIpc) is 2.33. The van der Waals surface area contributed by atoms with Crippen LogP contribution in [0.2, 0.25) is 0 Å². The number of methoxy groups -OCH3 is 1. The minimum Gasteiger partial charge on any atom is -0.496 e. The number of aromatic nitrogens is 2. The summed E-state index contributed by atoms with van der Waals surface area (Å²) in [6, 6.07) is 4.53. The first-order chi connectivity index (χ1) is 8.60. The second kappa shape index (κ2) is 5.62. The van der Waals surface area contributed by atoms with Gasteiger partial charge in [0.2, 0.25) is 11.8 Å². The molecule has 0 saturated heterocycles. The van der Waals surface area contributed by atoms with Gasteiger partial charge in [0.05, 0.1) is 22.1 Å². The third-order valence-electron chi connectivity index (χ3n) is 2.03. The van der Waals surface area contributed by atoms with Gasteiger partial charge in [-0.1, -0.05) is 0 Å². The Morgan fingerprint density at radius 1 is 1.06 bits per heavy atom. The summed E-state index contributed by atoms with van der Waals surface area (Å²) < 4.78 is 24.9. The zero-order chi connectivity index (χ0) is 13.1. The summed E-state index contributed by atoms with van der Waals surface area (Å²) in [5.74, 6) is 0.618. The van der Waals surface area contributed by atoms with Crippen molar-refractivity contribution in [2.24, 2.45) is 0 Å². The number of halogens is 3. The van der Waals surface area contributed by atoms with Crippen molar-refractivity contribution in [3.05, 3.63) is 39.4 Å². The SMILES string of the molecule is COc1cc(Br)c(Oc2cc(F)ncn2)cc1Br. The van der Waals surface area contributed by atoms with Gasteiger partial charge >= 0.3 is 0 Å². The molecule has 1 aromatic heterocycles. The second-order valence-electron chi connectivity index (χ2n) is 3.20. The first-order valence-corrected chi connectivity index (χ1v) is 6.37. The molecule has 0 radical (unpaired) electrons. The second-order valence-corrected chi connectivity index (χ2v) is 4.91. The topological polar surface area (TPSA) is 44.2 Å². The van der Waals surface area contributed by atoms with E-state index >= 15 is 0 Å². The standard InChI is InChI=1S/C11H7Br2FN2O2/c1-17-8-2-7(13)9(3-6(8)12)18-11-4-10(14)15-5-16-11/h2-5H,1H3. The van der Waals surface area contributed by atoms with Gasteiger partial charge in [0, 0.05) is 0 Å². The molecule has 0 amide bonds. The first-order valence-electron chi connectivity index (χ1n) is 4.78. The van der Waals surface area contributed by atoms with E-state index in [4.69, 9.17) is 9.47 Å². The molecule has 0 bridgehead atoms. The molecule has 0 saturated carbocycles. The molecule has 1 heterocycles. The molecule has 18 heavy (non-hydrogen) atoms. The fourth-order valence-electron chi connectivity index (χ4n) is 1.23. The maximum atomic E-state index is 12.9. The quantitative estimate of drug-likeness (QED) is 0.760. The molecule has 0 aliphatic carbocycles. The number of ether oxygens (including phenoxy) is 2. The summed E-state index contributed by atoms with van der Waals surface area (Å²) in [5.41, 5.74) is 0. The Morgan fingerprint density at radius 2 is 1.72 bits per heavy atom. The molecule has 2 aromatic rings. The van der Waals surface area contributed by atoms with Gasteiger partial charge in [0.15, 0.2) is 0 Å². The largest absolute Gasteiger partial charge is 0.496 e. The molecule has 94 valence electrons. The molecule has 7 heteroatoms. The minimum absolute atomic E-state index is 0.125. The van der Waals surface area contributed by atoms with Gasteiger partial charge in [-0.15, -0.1) is 0 Å². The van der Waals surface area contributed by atoms with Crippen LogP contribution in [0.5, 0.6) is 17.4 Å². The fraction of sp³-hybridized carbons (Fsp3) is 0.0909. The summed E-state index contributed by atoms with van der Waals surface area (Å²) in [5, 5.41) is 0. The number of hydrogen-bond acceptors (Lipinski definition) is 4. The molecule has 0 spiro atoms. The Labute approximate surface area is 119 Å². The Hall–Kier alpha value is -1.21. The predicted octanol–water partition coefficient (Wildman–Crippen LogP) is 3.94. The van der Waals surface area contributed by atoms with Gasteiger partial charge in [-0.3, -0.25) is 0 Å². The fourth-order valence-corrected chi connectivity index (χ4v) is 2.12. The van der Waals surface area contributed by atoms with E-state index in [0.717, 1.165) is 16.9 Å². The van der Waals surface area contributed by atoms with Crippen molar-refractivity contribution in [1.82, 2.24) is 9.97 Å². The van der Waals surface area contributed by atoms with E-state index in [1.807, 2.05) is 0 Å². The van der Waals surface area contributed by atoms with Gasteiger partial charge in [0.1, 0.15) is 17.8 Å². The van der Waals surface area contributed by atoms with E-state index in [1.54, 1.807) is 19.2 Å². The molecular formula is C11H7Br2FN2O2. The van der Waals surface area contributed by atoms with Crippen molar-refractivity contribution in [3.8, 4) is 17.4 Å². The van der Waals surface area contributed by atoms with Crippen LogP contribution in [0.1, 0.15) is 0 Å². The van der Waals surface area contributed by atoms with E-state index in [1.165, 1.54) is 0 Å². The third-order valence-corrected chi connectivity index (χ3v) is 3.27. The lowest BCUT2D eigenvalue weighted by molar-refractivity contribution is 0.408. The van der Waals surface area contributed by atoms with Crippen LogP contribution in [0.3, 0.4) is 0 Å². The molecule has 0 N–H and O–H groups in total. The van der Waals surface area contributed by atoms with E-state index in [-0.39, 0.29) is 5.88 Å². The van der Waals surface area contributed by atoms with Crippen LogP contribution in [0.4, 0.5) is 4.39 Å². The van der Waals surface area contributed by atoms with Crippen molar-refractivity contribution < 1.29 is 13.9 Å². The summed E-state index contributed by atoms with van der Waals surface area (Å²) in [6.45, 7) is 0. The summed E-state index contributed by atoms with van der Waals surface area (Å²) in [6.07, 6.45) is 1.09. The highest BCUT2D eigenvalue weighted by atomic mass is 79.9. The van der Waals surface area contributed by atoms with Crippen molar-refractivity contribution in [3.63, 3.8) is 0 Å². The van der Waals surface area contributed by atoms with E-state index < -0.39 is 5.95 Å². The highest BCUT2D eigenvalue weighted by Crippen LogP contribution is 2.37. The summed E-state index contributed by atoms with van der Waals surface area (Å²) >= 11 is 6.67. The molecule has 2 rings (SSSR count). The summed E-state index contributed by atoms with van der Waals surface area (Å²) in [7, 11) is 1.56. The van der Waals surface area contributed by atoms with Crippen LogP contribution in [0.25, 0.3) is 0 Å². The number of rotatable bonds is 3. The lowest BCUT2D eigenvalue weighted by Crippen LogP contribution is -1.93. The number of benzene rings is 1. The molecule has 0 unspecified atom stereocenters. The van der Waals surface area contributed by atoms with Crippen molar-refractivity contribution in [1.29, 1.82) is 0 Å². The summed E-state index contributed by atoms with van der Waals surface area (Å²) in [4.78, 5) is 7.16. The Bertz CT molecular complexity index is 581. The first kappa shape index (κ1) is 13.2. The Kier molecular flexibility index (Phi) is 4.13. The van der Waals surface area contributed by atoms with Crippen LogP contribution >= 0.6 is 31.9 Å². The van der Waals surface area contributed by atoms with Gasteiger partial charge < -0.3 is 9.47 Å². The molecule has 1 aromatic carbocycles. The maximum Gasteiger partial charge on any atom is 0.225 e. The van der Waals surface area contributed by atoms with Gasteiger partial charge in [-0.25, -0.2) is 9.97 Å². The lowest BCUT2D eigenvalue weighted by Gasteiger charge is -2.09. The number of nitrogens with zero attached hydrogens (tertiary/aromatic N) is 2. The molecule has 0 aliphatic rings. The van der Waals surface area contributed by atoms with E-state index in [9.17, 15) is 4.39 Å². The van der Waals surface area contributed by atoms with Crippen LogP contribution in [0.15, 0.2) is 33.5 Å². The van der Waals surface area contributed by atoms with Gasteiger partial charge in [0.25, 0.3) is 0 Å². The van der Waals surface area contributed by atoms with Crippen molar-refractivity contribution in [2.75, 3.05) is 7.11 Å². The lowest BCUT2D eigenvalue weighted by atomic mass is 10.3. The minimum atomic E-state index is -0.649. The normalized spacial score (nSPS) is 10.2. The third kappa shape index (κ3) is 2.97.